The number of fused-ring (bicyclic) bond motifs is 1. The molecule has 1 aromatic rings. The van der Waals surface area contributed by atoms with Gasteiger partial charge in [0, 0.05) is 12.2 Å². The maximum Gasteiger partial charge on any atom is 0.326 e. The number of carbonyl (C=O) groups is 1. The number of para-hydroxylation sites is 1. The molecule has 0 spiro atoms. The third kappa shape index (κ3) is 2.62. The van der Waals surface area contributed by atoms with Crippen molar-refractivity contribution in [3.05, 3.63) is 41.2 Å². The highest BCUT2D eigenvalue weighted by molar-refractivity contribution is 5.74. The third-order valence-corrected chi connectivity index (χ3v) is 4.32. The minimum atomic E-state index is -0.751. The van der Waals surface area contributed by atoms with Gasteiger partial charge in [-0.1, -0.05) is 25.1 Å². The lowest BCUT2D eigenvalue weighted by Crippen LogP contribution is -2.43. The van der Waals surface area contributed by atoms with Crippen LogP contribution in [0.2, 0.25) is 0 Å². The molecule has 0 saturated carbocycles. The van der Waals surface area contributed by atoms with Crippen molar-refractivity contribution in [1.82, 2.24) is 5.32 Å². The van der Waals surface area contributed by atoms with Crippen LogP contribution < -0.4 is 10.2 Å². The van der Waals surface area contributed by atoms with E-state index in [0.717, 1.165) is 38.0 Å². The lowest BCUT2D eigenvalue weighted by molar-refractivity contribution is -0.139. The first-order chi connectivity index (χ1) is 10.2. The van der Waals surface area contributed by atoms with E-state index in [2.05, 4.69) is 41.4 Å². The van der Waals surface area contributed by atoms with Gasteiger partial charge in [-0.15, -0.1) is 0 Å². The van der Waals surface area contributed by atoms with Crippen molar-refractivity contribution in [2.24, 2.45) is 0 Å². The van der Waals surface area contributed by atoms with Gasteiger partial charge in [-0.05, 0) is 49.3 Å². The Morgan fingerprint density at radius 1 is 1.43 bits per heavy atom. The average molecular weight is 286 g/mol. The molecule has 3 rings (SSSR count). The summed E-state index contributed by atoms with van der Waals surface area (Å²) in [5.74, 6) is 0.291. The Morgan fingerprint density at radius 2 is 2.24 bits per heavy atom. The fourth-order valence-electron chi connectivity index (χ4n) is 3.33. The molecule has 2 aliphatic heterocycles. The van der Waals surface area contributed by atoms with Gasteiger partial charge in [0.15, 0.2) is 0 Å². The van der Waals surface area contributed by atoms with Crippen molar-refractivity contribution >= 4 is 11.7 Å². The van der Waals surface area contributed by atoms with Crippen LogP contribution in [-0.4, -0.2) is 23.7 Å². The van der Waals surface area contributed by atoms with Crippen molar-refractivity contribution in [3.63, 3.8) is 0 Å². The van der Waals surface area contributed by atoms with E-state index in [1.54, 1.807) is 0 Å². The van der Waals surface area contributed by atoms with Crippen molar-refractivity contribution in [2.75, 3.05) is 11.4 Å². The molecule has 2 heterocycles. The van der Waals surface area contributed by atoms with E-state index in [-0.39, 0.29) is 0 Å². The zero-order valence-corrected chi connectivity index (χ0v) is 12.4. The molecule has 0 amide bonds. The van der Waals surface area contributed by atoms with Crippen molar-refractivity contribution in [1.29, 1.82) is 0 Å². The van der Waals surface area contributed by atoms with E-state index in [1.807, 2.05) is 0 Å². The maximum absolute atomic E-state index is 11.4. The number of hydrogen-bond donors (Lipinski definition) is 2. The Bertz CT molecular complexity index is 580. The number of carboxylic acid groups (broad SMARTS) is 1. The van der Waals surface area contributed by atoms with Crippen LogP contribution in [-0.2, 0) is 11.2 Å². The highest BCUT2D eigenvalue weighted by Gasteiger charge is 2.30. The zero-order valence-electron chi connectivity index (χ0n) is 12.4. The molecule has 4 heteroatoms. The van der Waals surface area contributed by atoms with Crippen LogP contribution in [0.25, 0.3) is 0 Å². The predicted octanol–water partition coefficient (Wildman–Crippen LogP) is 2.90. The summed E-state index contributed by atoms with van der Waals surface area (Å²) in [5.41, 5.74) is 3.92. The first-order valence-electron chi connectivity index (χ1n) is 7.77. The van der Waals surface area contributed by atoms with Crippen LogP contribution in [0.5, 0.6) is 0 Å². The van der Waals surface area contributed by atoms with Crippen molar-refractivity contribution in [3.8, 4) is 0 Å². The Kier molecular flexibility index (Phi) is 3.86. The molecule has 0 bridgehead atoms. The number of nitrogens with zero attached hydrogens (tertiary/aromatic N) is 1. The molecular weight excluding hydrogens is 264 g/mol. The van der Waals surface area contributed by atoms with E-state index >= 15 is 0 Å². The molecule has 1 unspecified atom stereocenters. The van der Waals surface area contributed by atoms with Crippen LogP contribution in [0.3, 0.4) is 0 Å². The van der Waals surface area contributed by atoms with Crippen molar-refractivity contribution < 1.29 is 9.90 Å². The van der Waals surface area contributed by atoms with Crippen LogP contribution in [0.1, 0.15) is 38.2 Å². The Hall–Kier alpha value is -1.97. The smallest absolute Gasteiger partial charge is 0.326 e. The molecule has 0 radical (unpaired) electrons. The van der Waals surface area contributed by atoms with Crippen LogP contribution in [0.4, 0.5) is 5.69 Å². The summed E-state index contributed by atoms with van der Waals surface area (Å²) >= 11 is 0. The second kappa shape index (κ2) is 5.80. The average Bonchev–Trinajstić information content (AvgIpc) is 2.69. The number of anilines is 1. The Morgan fingerprint density at radius 3 is 3.00 bits per heavy atom. The monoisotopic (exact) mass is 286 g/mol. The molecule has 21 heavy (non-hydrogen) atoms. The summed E-state index contributed by atoms with van der Waals surface area (Å²) < 4.78 is 0. The number of allylic oxidation sites excluding steroid dienone is 1. The lowest BCUT2D eigenvalue weighted by atomic mass is 9.95. The quantitative estimate of drug-likeness (QED) is 0.897. The van der Waals surface area contributed by atoms with E-state index < -0.39 is 12.0 Å². The molecule has 4 nitrogen and oxygen atoms in total. The van der Waals surface area contributed by atoms with Crippen LogP contribution in [0, 0.1) is 0 Å². The molecule has 2 N–H and O–H groups in total. The van der Waals surface area contributed by atoms with Gasteiger partial charge < -0.3 is 15.3 Å². The SMILES string of the molecule is CCCN1C2=C(CCCC(C(=O)O)N2)Cc2ccccc21. The maximum atomic E-state index is 11.4. The minimum absolute atomic E-state index is 0.470. The second-order valence-electron chi connectivity index (χ2n) is 5.84. The minimum Gasteiger partial charge on any atom is -0.480 e. The van der Waals surface area contributed by atoms with Gasteiger partial charge in [-0.2, -0.15) is 0 Å². The molecular formula is C17H22N2O2. The van der Waals surface area contributed by atoms with Crippen LogP contribution in [0.15, 0.2) is 35.7 Å². The molecule has 1 atom stereocenters. The molecule has 1 aromatic carbocycles. The van der Waals surface area contributed by atoms with Crippen molar-refractivity contribution in [2.45, 2.75) is 45.1 Å². The number of rotatable bonds is 3. The number of carboxylic acids is 1. The molecule has 112 valence electrons. The summed E-state index contributed by atoms with van der Waals surface area (Å²) in [6.07, 6.45) is 4.58. The van der Waals surface area contributed by atoms with Gasteiger partial charge in [0.05, 0.1) is 0 Å². The predicted molar refractivity (Wildman–Crippen MR) is 83.2 cm³/mol. The molecule has 0 saturated heterocycles. The van der Waals surface area contributed by atoms with Gasteiger partial charge >= 0.3 is 5.97 Å². The highest BCUT2D eigenvalue weighted by Crippen LogP contribution is 2.35. The normalized spacial score (nSPS) is 21.2. The first kappa shape index (κ1) is 14.0. The lowest BCUT2D eigenvalue weighted by Gasteiger charge is -2.36. The van der Waals surface area contributed by atoms with Gasteiger partial charge in [-0.3, -0.25) is 0 Å². The number of nitrogens with one attached hydrogen (secondary N) is 1. The van der Waals surface area contributed by atoms with Gasteiger partial charge in [0.1, 0.15) is 11.9 Å². The zero-order chi connectivity index (χ0) is 14.8. The van der Waals surface area contributed by atoms with Gasteiger partial charge in [-0.25, -0.2) is 4.79 Å². The van der Waals surface area contributed by atoms with E-state index in [9.17, 15) is 9.90 Å². The Balaban J connectivity index is 2.00. The highest BCUT2D eigenvalue weighted by atomic mass is 16.4. The molecule has 0 aromatic heterocycles. The fraction of sp³-hybridized carbons (Fsp3) is 0.471. The third-order valence-electron chi connectivity index (χ3n) is 4.32. The number of aliphatic carboxylic acids is 1. The van der Waals surface area contributed by atoms with E-state index in [1.165, 1.54) is 16.8 Å². The number of hydrogen-bond acceptors (Lipinski definition) is 3. The second-order valence-corrected chi connectivity index (χ2v) is 5.84. The first-order valence-corrected chi connectivity index (χ1v) is 7.77. The van der Waals surface area contributed by atoms with E-state index in [0.29, 0.717) is 6.42 Å². The van der Waals surface area contributed by atoms with Crippen LogP contribution >= 0.6 is 0 Å². The van der Waals surface area contributed by atoms with Gasteiger partial charge in [0.25, 0.3) is 0 Å². The fourth-order valence-corrected chi connectivity index (χ4v) is 3.33. The molecule has 0 fully saturated rings. The number of benzene rings is 1. The standard InChI is InChI=1S/C17H22N2O2/c1-2-10-19-15-9-4-3-6-12(15)11-13-7-5-8-14(17(20)21)18-16(13)19/h3-4,6,9,14,18H,2,5,7-8,10-11H2,1H3,(H,20,21). The molecule has 0 aliphatic carbocycles. The summed E-state index contributed by atoms with van der Waals surface area (Å²) in [6, 6.07) is 7.98. The molecule has 2 aliphatic rings. The summed E-state index contributed by atoms with van der Waals surface area (Å²) in [6.45, 7) is 3.07. The Labute approximate surface area is 125 Å². The summed E-state index contributed by atoms with van der Waals surface area (Å²) in [4.78, 5) is 13.7. The van der Waals surface area contributed by atoms with Gasteiger partial charge in [0.2, 0.25) is 0 Å². The topological polar surface area (TPSA) is 52.6 Å². The van der Waals surface area contributed by atoms with E-state index in [4.69, 9.17) is 0 Å². The largest absolute Gasteiger partial charge is 0.480 e. The summed E-state index contributed by atoms with van der Waals surface area (Å²) in [7, 11) is 0. The summed E-state index contributed by atoms with van der Waals surface area (Å²) in [5, 5.41) is 12.7.